The van der Waals surface area contributed by atoms with Crippen molar-refractivity contribution in [2.45, 2.75) is 32.8 Å². The Hall–Kier alpha value is -3.20. The molecule has 2 amide bonds. The summed E-state index contributed by atoms with van der Waals surface area (Å²) in [6.45, 7) is 5.46. The van der Waals surface area contributed by atoms with Crippen LogP contribution in [0.2, 0.25) is 0 Å². The van der Waals surface area contributed by atoms with Gasteiger partial charge in [-0.15, -0.1) is 0 Å². The van der Waals surface area contributed by atoms with Gasteiger partial charge in [-0.3, -0.25) is 13.9 Å². The molecule has 0 aromatic heterocycles. The summed E-state index contributed by atoms with van der Waals surface area (Å²) in [4.78, 5) is 37.7. The smallest absolute Gasteiger partial charge is 0.426 e. The van der Waals surface area contributed by atoms with Crippen LogP contribution in [0.4, 0.5) is 4.79 Å². The standard InChI is InChI=1S/C23H26N2O6S/c1-5-29-19(26)15-25(21(27)16-10-7-6-8-11-16)32-24(4)22(28)30-18-13-9-12-17-14-23(2,3)31-20(17)18/h6-13H,5,14-15H2,1-4H3. The van der Waals surface area contributed by atoms with Crippen LogP contribution in [0, 0.1) is 0 Å². The molecule has 1 aliphatic rings. The number of ether oxygens (including phenoxy) is 3. The highest BCUT2D eigenvalue weighted by molar-refractivity contribution is 7.95. The second-order valence-corrected chi connectivity index (χ2v) is 8.89. The predicted molar refractivity (Wildman–Crippen MR) is 120 cm³/mol. The van der Waals surface area contributed by atoms with E-state index in [4.69, 9.17) is 14.2 Å². The van der Waals surface area contributed by atoms with Crippen LogP contribution in [0.5, 0.6) is 11.5 Å². The first kappa shape index (κ1) is 23.5. The van der Waals surface area contributed by atoms with E-state index < -0.39 is 18.0 Å². The zero-order valence-electron chi connectivity index (χ0n) is 18.5. The zero-order valence-corrected chi connectivity index (χ0v) is 19.3. The number of amides is 2. The number of rotatable bonds is 7. The van der Waals surface area contributed by atoms with Crippen molar-refractivity contribution in [2.24, 2.45) is 0 Å². The highest BCUT2D eigenvalue weighted by atomic mass is 32.2. The molecule has 0 spiro atoms. The maximum atomic E-state index is 12.9. The van der Waals surface area contributed by atoms with Crippen LogP contribution in [0.3, 0.4) is 0 Å². The second-order valence-electron chi connectivity index (χ2n) is 7.74. The van der Waals surface area contributed by atoms with Crippen molar-refractivity contribution in [1.82, 2.24) is 8.61 Å². The molecular weight excluding hydrogens is 432 g/mol. The SMILES string of the molecule is CCOC(=O)CN(SN(C)C(=O)Oc1cccc2c1OC(C)(C)C2)C(=O)c1ccccc1. The number of carbonyl (C=O) groups excluding carboxylic acids is 3. The Morgan fingerprint density at radius 2 is 1.81 bits per heavy atom. The normalized spacial score (nSPS) is 13.5. The average Bonchev–Trinajstić information content (AvgIpc) is 3.08. The lowest BCUT2D eigenvalue weighted by Gasteiger charge is -2.25. The van der Waals surface area contributed by atoms with Crippen LogP contribution in [-0.4, -0.2) is 52.4 Å². The van der Waals surface area contributed by atoms with Crippen molar-refractivity contribution in [2.75, 3.05) is 20.2 Å². The van der Waals surface area contributed by atoms with Gasteiger partial charge >= 0.3 is 12.1 Å². The summed E-state index contributed by atoms with van der Waals surface area (Å²) in [5, 5.41) is 0. The molecule has 0 aliphatic carbocycles. The van der Waals surface area contributed by atoms with Gasteiger partial charge in [-0.1, -0.05) is 30.3 Å². The Morgan fingerprint density at radius 3 is 2.50 bits per heavy atom. The maximum absolute atomic E-state index is 12.9. The molecule has 170 valence electrons. The first-order chi connectivity index (χ1) is 15.2. The maximum Gasteiger partial charge on any atom is 0.426 e. The third-order valence-corrected chi connectivity index (χ3v) is 5.44. The third kappa shape index (κ3) is 5.73. The second kappa shape index (κ2) is 9.95. The van der Waals surface area contributed by atoms with Crippen LogP contribution in [0.25, 0.3) is 0 Å². The molecule has 0 atom stereocenters. The van der Waals surface area contributed by atoms with Crippen molar-refractivity contribution in [3.05, 3.63) is 59.7 Å². The fourth-order valence-corrected chi connectivity index (χ4v) is 3.94. The van der Waals surface area contributed by atoms with E-state index in [1.807, 2.05) is 19.9 Å². The molecule has 9 heteroatoms. The van der Waals surface area contributed by atoms with Crippen LogP contribution >= 0.6 is 12.1 Å². The molecule has 0 unspecified atom stereocenters. The minimum Gasteiger partial charge on any atom is -0.483 e. The number of esters is 1. The monoisotopic (exact) mass is 458 g/mol. The topological polar surface area (TPSA) is 85.4 Å². The summed E-state index contributed by atoms with van der Waals surface area (Å²) in [6, 6.07) is 13.9. The Bertz CT molecular complexity index is 995. The number of para-hydroxylation sites is 1. The van der Waals surface area contributed by atoms with Crippen molar-refractivity contribution >= 4 is 30.1 Å². The molecule has 2 aromatic carbocycles. The highest BCUT2D eigenvalue weighted by Crippen LogP contribution is 2.42. The molecule has 0 saturated carbocycles. The first-order valence-electron chi connectivity index (χ1n) is 10.2. The van der Waals surface area contributed by atoms with Gasteiger partial charge in [-0.05, 0) is 39.0 Å². The van der Waals surface area contributed by atoms with Crippen molar-refractivity contribution < 1.29 is 28.6 Å². The van der Waals surface area contributed by atoms with E-state index in [0.717, 1.165) is 26.3 Å². The summed E-state index contributed by atoms with van der Waals surface area (Å²) >= 11 is 0.763. The van der Waals surface area contributed by atoms with E-state index in [0.29, 0.717) is 23.5 Å². The fourth-order valence-electron chi connectivity index (χ4n) is 3.19. The van der Waals surface area contributed by atoms with Gasteiger partial charge in [-0.2, -0.15) is 0 Å². The van der Waals surface area contributed by atoms with E-state index in [9.17, 15) is 14.4 Å². The van der Waals surface area contributed by atoms with Crippen LogP contribution < -0.4 is 9.47 Å². The summed E-state index contributed by atoms with van der Waals surface area (Å²) in [7, 11) is 1.46. The predicted octanol–water partition coefficient (Wildman–Crippen LogP) is 4.10. The van der Waals surface area contributed by atoms with Gasteiger partial charge in [0.25, 0.3) is 5.91 Å². The third-order valence-electron chi connectivity index (χ3n) is 4.56. The lowest BCUT2D eigenvalue weighted by molar-refractivity contribution is -0.142. The van der Waals surface area contributed by atoms with Crippen LogP contribution in [-0.2, 0) is 16.0 Å². The number of nitrogens with zero attached hydrogens (tertiary/aromatic N) is 2. The van der Waals surface area contributed by atoms with Gasteiger partial charge in [-0.25, -0.2) is 9.10 Å². The molecule has 8 nitrogen and oxygen atoms in total. The molecule has 2 aromatic rings. The summed E-state index contributed by atoms with van der Waals surface area (Å²) in [6.07, 6.45) is -0.0107. The number of hydrogen-bond acceptors (Lipinski definition) is 7. The molecule has 0 N–H and O–H groups in total. The Balaban J connectivity index is 1.72. The van der Waals surface area contributed by atoms with Crippen LogP contribution in [0.1, 0.15) is 36.7 Å². The summed E-state index contributed by atoms with van der Waals surface area (Å²) < 4.78 is 18.7. The molecule has 1 aliphatic heterocycles. The van der Waals surface area contributed by atoms with Gasteiger partial charge < -0.3 is 14.2 Å². The van der Waals surface area contributed by atoms with Gasteiger partial charge in [0.05, 0.1) is 18.7 Å². The highest BCUT2D eigenvalue weighted by Gasteiger charge is 2.33. The minimum atomic E-state index is -0.716. The molecule has 0 saturated heterocycles. The van der Waals surface area contributed by atoms with Crippen LogP contribution in [0.15, 0.2) is 48.5 Å². The lowest BCUT2D eigenvalue weighted by atomic mass is 10.0. The van der Waals surface area contributed by atoms with Gasteiger partial charge in [0, 0.05) is 24.6 Å². The average molecular weight is 459 g/mol. The number of carbonyl (C=O) groups is 3. The molecule has 0 radical (unpaired) electrons. The molecule has 3 rings (SSSR count). The number of benzene rings is 2. The molecular formula is C23H26N2O6S. The van der Waals surface area contributed by atoms with E-state index >= 15 is 0 Å². The van der Waals surface area contributed by atoms with E-state index in [2.05, 4.69) is 0 Å². The van der Waals surface area contributed by atoms with E-state index in [-0.39, 0.29) is 18.8 Å². The first-order valence-corrected chi connectivity index (χ1v) is 10.9. The summed E-state index contributed by atoms with van der Waals surface area (Å²) in [5.41, 5.74) is 0.950. The lowest BCUT2D eigenvalue weighted by Crippen LogP contribution is -2.36. The number of fused-ring (bicyclic) bond motifs is 1. The van der Waals surface area contributed by atoms with Gasteiger partial charge in [0.15, 0.2) is 11.5 Å². The van der Waals surface area contributed by atoms with E-state index in [1.54, 1.807) is 49.4 Å². The number of hydrogen-bond donors (Lipinski definition) is 0. The zero-order chi connectivity index (χ0) is 23.3. The van der Waals surface area contributed by atoms with Gasteiger partial charge in [0.2, 0.25) is 0 Å². The van der Waals surface area contributed by atoms with E-state index in [1.165, 1.54) is 7.05 Å². The minimum absolute atomic E-state index is 0.185. The molecule has 32 heavy (non-hydrogen) atoms. The Labute approximate surface area is 191 Å². The molecule has 1 heterocycles. The van der Waals surface area contributed by atoms with Crippen molar-refractivity contribution in [3.8, 4) is 11.5 Å². The Morgan fingerprint density at radius 1 is 1.09 bits per heavy atom. The molecule has 0 bridgehead atoms. The quantitative estimate of drug-likeness (QED) is 0.456. The summed E-state index contributed by atoms with van der Waals surface area (Å²) in [5.74, 6) is -0.179. The Kier molecular flexibility index (Phi) is 7.29. The van der Waals surface area contributed by atoms with Crippen molar-refractivity contribution in [1.29, 1.82) is 0 Å². The van der Waals surface area contributed by atoms with Crippen molar-refractivity contribution in [3.63, 3.8) is 0 Å². The van der Waals surface area contributed by atoms with Gasteiger partial charge in [0.1, 0.15) is 12.1 Å². The fraction of sp³-hybridized carbons (Fsp3) is 0.348. The molecule has 0 fully saturated rings. The largest absolute Gasteiger partial charge is 0.483 e.